The van der Waals surface area contributed by atoms with Crippen molar-refractivity contribution in [2.24, 2.45) is 0 Å². The molecular formula is C19H17ClN4O4. The SMILES string of the molecule is CC(c1ccco1)n1nccc1NC(=O)C1(C)Oc2ccc(Cl)cc2NC1=O. The zero-order valence-corrected chi connectivity index (χ0v) is 15.9. The van der Waals surface area contributed by atoms with Gasteiger partial charge in [-0.25, -0.2) is 4.68 Å². The standard InChI is InChI=1S/C19H17ClN4O4/c1-11(14-4-3-9-27-14)24-16(7-8-21-24)23-18(26)19(2)17(25)22-13-10-12(20)5-6-15(13)28-19/h3-11H,1-2H3,(H,22,25)(H,23,26). The fourth-order valence-corrected chi connectivity index (χ4v) is 3.13. The van der Waals surface area contributed by atoms with E-state index in [1.165, 1.54) is 6.92 Å². The maximum absolute atomic E-state index is 12.9. The zero-order valence-electron chi connectivity index (χ0n) is 15.1. The number of benzene rings is 1. The lowest BCUT2D eigenvalue weighted by Crippen LogP contribution is -2.56. The van der Waals surface area contributed by atoms with E-state index in [9.17, 15) is 9.59 Å². The summed E-state index contributed by atoms with van der Waals surface area (Å²) in [5.41, 5.74) is -1.34. The van der Waals surface area contributed by atoms with E-state index in [2.05, 4.69) is 15.7 Å². The minimum atomic E-state index is -1.76. The zero-order chi connectivity index (χ0) is 19.9. The van der Waals surface area contributed by atoms with Crippen molar-refractivity contribution in [3.8, 4) is 5.75 Å². The van der Waals surface area contributed by atoms with Crippen LogP contribution in [-0.4, -0.2) is 27.2 Å². The Labute approximate surface area is 165 Å². The van der Waals surface area contributed by atoms with Crippen LogP contribution < -0.4 is 15.4 Å². The van der Waals surface area contributed by atoms with Gasteiger partial charge in [-0.15, -0.1) is 0 Å². The predicted octanol–water partition coefficient (Wildman–Crippen LogP) is 3.47. The number of ether oxygens (including phenoxy) is 1. The van der Waals surface area contributed by atoms with Crippen LogP contribution in [-0.2, 0) is 9.59 Å². The molecule has 1 aromatic carbocycles. The van der Waals surface area contributed by atoms with Crippen LogP contribution in [0.25, 0.3) is 0 Å². The number of halogens is 1. The van der Waals surface area contributed by atoms with Crippen molar-refractivity contribution in [3.63, 3.8) is 0 Å². The van der Waals surface area contributed by atoms with Crippen LogP contribution in [0.15, 0.2) is 53.3 Å². The Morgan fingerprint density at radius 1 is 1.36 bits per heavy atom. The Balaban J connectivity index is 1.58. The Morgan fingerprint density at radius 2 is 2.18 bits per heavy atom. The number of carbonyl (C=O) groups excluding carboxylic acids is 2. The van der Waals surface area contributed by atoms with Gasteiger partial charge in [0.1, 0.15) is 23.4 Å². The number of furan rings is 1. The number of aromatic nitrogens is 2. The molecule has 0 radical (unpaired) electrons. The fraction of sp³-hybridized carbons (Fsp3) is 0.211. The smallest absolute Gasteiger partial charge is 0.279 e. The molecule has 8 nitrogen and oxygen atoms in total. The molecule has 0 bridgehead atoms. The number of carbonyl (C=O) groups is 2. The van der Waals surface area contributed by atoms with Gasteiger partial charge in [0.05, 0.1) is 18.1 Å². The molecule has 1 aliphatic rings. The Kier molecular flexibility index (Phi) is 4.35. The monoisotopic (exact) mass is 400 g/mol. The third-order valence-electron chi connectivity index (χ3n) is 4.60. The Hall–Kier alpha value is -3.26. The van der Waals surface area contributed by atoms with Crippen molar-refractivity contribution < 1.29 is 18.7 Å². The predicted molar refractivity (Wildman–Crippen MR) is 102 cm³/mol. The van der Waals surface area contributed by atoms with Crippen molar-refractivity contribution >= 4 is 34.9 Å². The number of nitrogens with one attached hydrogen (secondary N) is 2. The van der Waals surface area contributed by atoms with Crippen LogP contribution >= 0.6 is 11.6 Å². The van der Waals surface area contributed by atoms with E-state index in [0.29, 0.717) is 28.0 Å². The topological polar surface area (TPSA) is 98.4 Å². The van der Waals surface area contributed by atoms with E-state index in [1.807, 2.05) is 13.0 Å². The summed E-state index contributed by atoms with van der Waals surface area (Å²) < 4.78 is 12.7. The molecule has 0 saturated heterocycles. The quantitative estimate of drug-likeness (QED) is 0.653. The molecule has 144 valence electrons. The molecule has 1 aliphatic heterocycles. The lowest BCUT2D eigenvalue weighted by molar-refractivity contribution is -0.143. The number of fused-ring (bicyclic) bond motifs is 1. The highest BCUT2D eigenvalue weighted by Gasteiger charge is 2.47. The number of rotatable bonds is 4. The molecule has 28 heavy (non-hydrogen) atoms. The average Bonchev–Trinajstić information content (AvgIpc) is 3.34. The first-order chi connectivity index (χ1) is 13.4. The molecular weight excluding hydrogens is 384 g/mol. The van der Waals surface area contributed by atoms with Gasteiger partial charge in [-0.2, -0.15) is 5.10 Å². The van der Waals surface area contributed by atoms with Gasteiger partial charge in [-0.05, 0) is 44.2 Å². The van der Waals surface area contributed by atoms with Crippen molar-refractivity contribution in [2.45, 2.75) is 25.5 Å². The van der Waals surface area contributed by atoms with Gasteiger partial charge in [0.25, 0.3) is 17.4 Å². The normalized spacial score (nSPS) is 19.3. The average molecular weight is 401 g/mol. The lowest BCUT2D eigenvalue weighted by atomic mass is 10.0. The number of hydrogen-bond acceptors (Lipinski definition) is 5. The molecule has 0 saturated carbocycles. The van der Waals surface area contributed by atoms with Crippen LogP contribution in [0.1, 0.15) is 25.6 Å². The van der Waals surface area contributed by atoms with Crippen molar-refractivity contribution in [1.82, 2.24) is 9.78 Å². The highest BCUT2D eigenvalue weighted by Crippen LogP contribution is 2.36. The maximum atomic E-state index is 12.9. The van der Waals surface area contributed by atoms with Gasteiger partial charge in [0, 0.05) is 11.1 Å². The van der Waals surface area contributed by atoms with E-state index < -0.39 is 17.4 Å². The van der Waals surface area contributed by atoms with Crippen molar-refractivity contribution in [1.29, 1.82) is 0 Å². The maximum Gasteiger partial charge on any atom is 0.279 e. The highest BCUT2D eigenvalue weighted by atomic mass is 35.5. The molecule has 3 aromatic rings. The molecule has 9 heteroatoms. The van der Waals surface area contributed by atoms with Crippen molar-refractivity contribution in [3.05, 3.63) is 59.6 Å². The van der Waals surface area contributed by atoms with Gasteiger partial charge < -0.3 is 19.8 Å². The third-order valence-corrected chi connectivity index (χ3v) is 4.84. The van der Waals surface area contributed by atoms with Crippen LogP contribution in [0.4, 0.5) is 11.5 Å². The van der Waals surface area contributed by atoms with Gasteiger partial charge in [-0.1, -0.05) is 11.6 Å². The van der Waals surface area contributed by atoms with Crippen molar-refractivity contribution in [2.75, 3.05) is 10.6 Å². The second-order valence-corrected chi connectivity index (χ2v) is 6.97. The summed E-state index contributed by atoms with van der Waals surface area (Å²) in [6.07, 6.45) is 3.12. The van der Waals surface area contributed by atoms with Crippen LogP contribution in [0.5, 0.6) is 5.75 Å². The van der Waals surface area contributed by atoms with Gasteiger partial charge >= 0.3 is 0 Å². The van der Waals surface area contributed by atoms with Crippen LogP contribution in [0.3, 0.4) is 0 Å². The Morgan fingerprint density at radius 3 is 2.93 bits per heavy atom. The molecule has 0 spiro atoms. The minimum absolute atomic E-state index is 0.253. The summed E-state index contributed by atoms with van der Waals surface area (Å²) in [6.45, 7) is 3.29. The first kappa shape index (κ1) is 18.1. The molecule has 2 atom stereocenters. The summed E-state index contributed by atoms with van der Waals surface area (Å²) >= 11 is 5.94. The van der Waals surface area contributed by atoms with E-state index in [0.717, 1.165) is 0 Å². The molecule has 0 fully saturated rings. The fourth-order valence-electron chi connectivity index (χ4n) is 2.95. The first-order valence-corrected chi connectivity index (χ1v) is 8.94. The number of amides is 2. The van der Waals surface area contributed by atoms with Crippen LogP contribution in [0, 0.1) is 0 Å². The Bertz CT molecular complexity index is 1050. The molecule has 2 amide bonds. The molecule has 0 aliphatic carbocycles. The third kappa shape index (κ3) is 3.01. The molecule has 3 heterocycles. The second kappa shape index (κ2) is 6.72. The second-order valence-electron chi connectivity index (χ2n) is 6.54. The van der Waals surface area contributed by atoms with Gasteiger partial charge in [-0.3, -0.25) is 9.59 Å². The highest BCUT2D eigenvalue weighted by molar-refractivity contribution is 6.31. The van der Waals surface area contributed by atoms with E-state index in [4.69, 9.17) is 20.8 Å². The van der Waals surface area contributed by atoms with Gasteiger partial charge in [0.2, 0.25) is 0 Å². The summed E-state index contributed by atoms with van der Waals surface area (Å²) in [5, 5.41) is 10.1. The summed E-state index contributed by atoms with van der Waals surface area (Å²) in [6, 6.07) is 9.76. The molecule has 2 unspecified atom stereocenters. The largest absolute Gasteiger partial charge is 0.467 e. The minimum Gasteiger partial charge on any atom is -0.467 e. The molecule has 2 N–H and O–H groups in total. The molecule has 4 rings (SSSR count). The number of hydrogen-bond donors (Lipinski definition) is 2. The molecule has 2 aromatic heterocycles. The summed E-state index contributed by atoms with van der Waals surface area (Å²) in [4.78, 5) is 25.5. The first-order valence-electron chi connectivity index (χ1n) is 8.57. The van der Waals surface area contributed by atoms with E-state index in [-0.39, 0.29) is 6.04 Å². The van der Waals surface area contributed by atoms with Crippen LogP contribution in [0.2, 0.25) is 5.02 Å². The summed E-state index contributed by atoms with van der Waals surface area (Å²) in [5.74, 6) is 0.235. The lowest BCUT2D eigenvalue weighted by Gasteiger charge is -2.33. The van der Waals surface area contributed by atoms with E-state index >= 15 is 0 Å². The van der Waals surface area contributed by atoms with Gasteiger partial charge in [0.15, 0.2) is 0 Å². The number of anilines is 2. The number of nitrogens with zero attached hydrogens (tertiary/aromatic N) is 2. The summed E-state index contributed by atoms with van der Waals surface area (Å²) in [7, 11) is 0. The van der Waals surface area contributed by atoms with E-state index in [1.54, 1.807) is 47.5 Å².